The molecule has 0 amide bonds. The highest BCUT2D eigenvalue weighted by atomic mass is 16.5. The third-order valence-corrected chi connectivity index (χ3v) is 2.58. The minimum Gasteiger partial charge on any atom is -0.374 e. The number of rotatable bonds is 3. The molecule has 3 nitrogen and oxygen atoms in total. The van der Waals surface area contributed by atoms with Gasteiger partial charge >= 0.3 is 0 Å². The molecule has 1 saturated heterocycles. The highest BCUT2D eigenvalue weighted by Gasteiger charge is 2.30. The van der Waals surface area contributed by atoms with Crippen molar-refractivity contribution in [2.24, 2.45) is 11.8 Å². The van der Waals surface area contributed by atoms with Crippen LogP contribution in [0.1, 0.15) is 33.6 Å². The van der Waals surface area contributed by atoms with E-state index in [-0.39, 0.29) is 0 Å². The van der Waals surface area contributed by atoms with Crippen LogP contribution in [0.3, 0.4) is 0 Å². The molecular formula is C9H20N2O. The Morgan fingerprint density at radius 1 is 1.42 bits per heavy atom. The number of ether oxygens (including phenoxy) is 1. The number of hydrogen-bond acceptors (Lipinski definition) is 3. The Balaban J connectivity index is 2.44. The van der Waals surface area contributed by atoms with E-state index in [1.807, 2.05) is 0 Å². The van der Waals surface area contributed by atoms with Crippen molar-refractivity contribution in [2.75, 3.05) is 0 Å². The number of nitrogens with two attached hydrogens (primary N) is 1. The second kappa shape index (κ2) is 4.21. The Morgan fingerprint density at radius 3 is 2.42 bits per heavy atom. The molecule has 0 aromatic carbocycles. The largest absolute Gasteiger partial charge is 0.374 e. The maximum Gasteiger partial charge on any atom is 0.0748 e. The number of hydrazine groups is 1. The van der Waals surface area contributed by atoms with Gasteiger partial charge in [0.15, 0.2) is 0 Å². The lowest BCUT2D eigenvalue weighted by atomic mass is 9.97. The summed E-state index contributed by atoms with van der Waals surface area (Å²) >= 11 is 0. The van der Waals surface area contributed by atoms with E-state index in [1.54, 1.807) is 0 Å². The van der Waals surface area contributed by atoms with Crippen molar-refractivity contribution in [3.05, 3.63) is 0 Å². The molecule has 0 spiro atoms. The molecule has 3 atom stereocenters. The minimum absolute atomic E-state index is 0.301. The van der Waals surface area contributed by atoms with Crippen LogP contribution in [-0.2, 0) is 4.74 Å². The number of nitrogens with one attached hydrogen (secondary N) is 1. The van der Waals surface area contributed by atoms with E-state index in [4.69, 9.17) is 10.6 Å². The third-order valence-electron chi connectivity index (χ3n) is 2.58. The first kappa shape index (κ1) is 9.96. The van der Waals surface area contributed by atoms with Crippen molar-refractivity contribution >= 4 is 0 Å². The van der Waals surface area contributed by atoms with Crippen LogP contribution in [0, 0.1) is 5.92 Å². The van der Waals surface area contributed by atoms with E-state index >= 15 is 0 Å². The van der Waals surface area contributed by atoms with Crippen molar-refractivity contribution in [1.29, 1.82) is 0 Å². The fourth-order valence-electron chi connectivity index (χ4n) is 1.83. The molecule has 0 saturated carbocycles. The predicted octanol–water partition coefficient (Wildman–Crippen LogP) is 1.04. The van der Waals surface area contributed by atoms with E-state index in [9.17, 15) is 0 Å². The van der Waals surface area contributed by atoms with Crippen LogP contribution in [0.15, 0.2) is 0 Å². The first-order valence-electron chi connectivity index (χ1n) is 4.76. The molecule has 3 unspecified atom stereocenters. The Hall–Kier alpha value is -0.120. The van der Waals surface area contributed by atoms with Gasteiger partial charge in [0.1, 0.15) is 0 Å². The summed E-state index contributed by atoms with van der Waals surface area (Å²) in [7, 11) is 0. The zero-order valence-corrected chi connectivity index (χ0v) is 8.21. The molecule has 1 aliphatic heterocycles. The molecule has 0 aromatic rings. The van der Waals surface area contributed by atoms with Gasteiger partial charge < -0.3 is 4.74 Å². The van der Waals surface area contributed by atoms with E-state index in [2.05, 4.69) is 26.2 Å². The fraction of sp³-hybridized carbons (Fsp3) is 1.00. The lowest BCUT2D eigenvalue weighted by molar-refractivity contribution is 0.0212. The lowest BCUT2D eigenvalue weighted by Crippen LogP contribution is -2.47. The average Bonchev–Trinajstić information content (AvgIpc) is 2.37. The van der Waals surface area contributed by atoms with Gasteiger partial charge in [-0.1, -0.05) is 13.8 Å². The van der Waals surface area contributed by atoms with Crippen LogP contribution >= 0.6 is 0 Å². The van der Waals surface area contributed by atoms with Crippen molar-refractivity contribution < 1.29 is 4.74 Å². The number of hydrogen-bond donors (Lipinski definition) is 2. The minimum atomic E-state index is 0.301. The molecule has 0 aliphatic carbocycles. The monoisotopic (exact) mass is 172 g/mol. The van der Waals surface area contributed by atoms with Gasteiger partial charge in [-0.2, -0.15) is 0 Å². The molecule has 3 heteroatoms. The van der Waals surface area contributed by atoms with Crippen molar-refractivity contribution in [1.82, 2.24) is 5.43 Å². The summed E-state index contributed by atoms with van der Waals surface area (Å²) in [6.45, 7) is 6.45. The Morgan fingerprint density at radius 2 is 2.08 bits per heavy atom. The van der Waals surface area contributed by atoms with Crippen LogP contribution in [0.5, 0.6) is 0 Å². The highest BCUT2D eigenvalue weighted by molar-refractivity contribution is 4.83. The van der Waals surface area contributed by atoms with Gasteiger partial charge in [-0.3, -0.25) is 11.3 Å². The predicted molar refractivity (Wildman–Crippen MR) is 49.5 cm³/mol. The summed E-state index contributed by atoms with van der Waals surface area (Å²) in [6, 6.07) is 0.301. The molecule has 1 fully saturated rings. The van der Waals surface area contributed by atoms with E-state index in [0.717, 1.165) is 12.8 Å². The van der Waals surface area contributed by atoms with E-state index in [1.165, 1.54) is 0 Å². The summed E-state index contributed by atoms with van der Waals surface area (Å²) < 4.78 is 5.73. The Labute approximate surface area is 74.6 Å². The average molecular weight is 172 g/mol. The van der Waals surface area contributed by atoms with Crippen LogP contribution in [0.25, 0.3) is 0 Å². The van der Waals surface area contributed by atoms with Crippen molar-refractivity contribution in [3.8, 4) is 0 Å². The first-order chi connectivity index (χ1) is 5.65. The SMILES string of the molecule is CC1CCC(C(NN)C(C)C)O1. The van der Waals surface area contributed by atoms with Gasteiger partial charge in [-0.15, -0.1) is 0 Å². The second-order valence-electron chi connectivity index (χ2n) is 4.00. The Kier molecular flexibility index (Phi) is 3.50. The van der Waals surface area contributed by atoms with Gasteiger partial charge in [0, 0.05) is 6.04 Å². The van der Waals surface area contributed by atoms with Crippen LogP contribution in [0.2, 0.25) is 0 Å². The summed E-state index contributed by atoms with van der Waals surface area (Å²) in [4.78, 5) is 0. The maximum absolute atomic E-state index is 5.73. The van der Waals surface area contributed by atoms with Crippen LogP contribution < -0.4 is 11.3 Å². The molecule has 0 aromatic heterocycles. The molecular weight excluding hydrogens is 152 g/mol. The molecule has 3 N–H and O–H groups in total. The quantitative estimate of drug-likeness (QED) is 0.494. The standard InChI is InChI=1S/C9H20N2O/c1-6(2)9(11-10)8-5-4-7(3)12-8/h6-9,11H,4-5,10H2,1-3H3. The van der Waals surface area contributed by atoms with Gasteiger partial charge in [0.05, 0.1) is 12.2 Å². The smallest absolute Gasteiger partial charge is 0.0748 e. The molecule has 0 radical (unpaired) electrons. The topological polar surface area (TPSA) is 47.3 Å². The summed E-state index contributed by atoms with van der Waals surface area (Å²) in [5.41, 5.74) is 2.84. The highest BCUT2D eigenvalue weighted by Crippen LogP contribution is 2.24. The Bertz CT molecular complexity index is 138. The van der Waals surface area contributed by atoms with Gasteiger partial charge in [-0.25, -0.2) is 0 Å². The van der Waals surface area contributed by atoms with Crippen molar-refractivity contribution in [3.63, 3.8) is 0 Å². The van der Waals surface area contributed by atoms with E-state index < -0.39 is 0 Å². The zero-order valence-electron chi connectivity index (χ0n) is 8.21. The van der Waals surface area contributed by atoms with Gasteiger partial charge in [0.25, 0.3) is 0 Å². The maximum atomic E-state index is 5.73. The fourth-order valence-corrected chi connectivity index (χ4v) is 1.83. The molecule has 1 heterocycles. The summed E-state index contributed by atoms with van der Waals surface area (Å²) in [5, 5.41) is 0. The van der Waals surface area contributed by atoms with Crippen LogP contribution in [0.4, 0.5) is 0 Å². The third kappa shape index (κ3) is 2.19. The second-order valence-corrected chi connectivity index (χ2v) is 4.00. The molecule has 1 aliphatic rings. The van der Waals surface area contributed by atoms with Crippen LogP contribution in [-0.4, -0.2) is 18.2 Å². The van der Waals surface area contributed by atoms with E-state index in [0.29, 0.717) is 24.2 Å². The molecule has 1 rings (SSSR count). The lowest BCUT2D eigenvalue weighted by Gasteiger charge is -2.25. The first-order valence-corrected chi connectivity index (χ1v) is 4.76. The summed E-state index contributed by atoms with van der Waals surface area (Å²) in [6.07, 6.45) is 3.01. The van der Waals surface area contributed by atoms with Gasteiger partial charge in [-0.05, 0) is 25.7 Å². The summed E-state index contributed by atoms with van der Waals surface area (Å²) in [5.74, 6) is 6.00. The normalized spacial score (nSPS) is 32.8. The molecule has 0 bridgehead atoms. The molecule has 12 heavy (non-hydrogen) atoms. The van der Waals surface area contributed by atoms with Gasteiger partial charge in [0.2, 0.25) is 0 Å². The zero-order chi connectivity index (χ0) is 9.14. The molecule has 72 valence electrons. The van der Waals surface area contributed by atoms with Crippen molar-refractivity contribution in [2.45, 2.75) is 51.9 Å².